The highest BCUT2D eigenvalue weighted by Gasteiger charge is 2.22. The van der Waals surface area contributed by atoms with Crippen molar-refractivity contribution >= 4 is 17.6 Å². The van der Waals surface area contributed by atoms with Crippen LogP contribution in [0.3, 0.4) is 0 Å². The van der Waals surface area contributed by atoms with Crippen LogP contribution in [0.5, 0.6) is 17.2 Å². The van der Waals surface area contributed by atoms with Gasteiger partial charge in [-0.15, -0.1) is 0 Å². The molecule has 1 atom stereocenters. The Morgan fingerprint density at radius 2 is 1.63 bits per heavy atom. The fraction of sp³-hybridized carbons (Fsp3) is 0.300. The third kappa shape index (κ3) is 4.91. The highest BCUT2D eigenvalue weighted by molar-refractivity contribution is 5.99. The van der Waals surface area contributed by atoms with Gasteiger partial charge in [0.2, 0.25) is 0 Å². The summed E-state index contributed by atoms with van der Waals surface area (Å²) in [7, 11) is 4.46. The van der Waals surface area contributed by atoms with Gasteiger partial charge in [-0.1, -0.05) is 6.07 Å². The maximum atomic E-state index is 12.4. The van der Waals surface area contributed by atoms with Gasteiger partial charge in [-0.25, -0.2) is 4.79 Å². The van der Waals surface area contributed by atoms with Crippen molar-refractivity contribution in [3.63, 3.8) is 0 Å². The Bertz CT molecular complexity index is 833. The second-order valence-electron chi connectivity index (χ2n) is 5.81. The molecule has 0 aliphatic rings. The van der Waals surface area contributed by atoms with E-state index in [4.69, 9.17) is 18.9 Å². The van der Waals surface area contributed by atoms with Gasteiger partial charge >= 0.3 is 5.97 Å². The summed E-state index contributed by atoms with van der Waals surface area (Å²) >= 11 is 0. The number of benzene rings is 2. The lowest BCUT2D eigenvalue weighted by Crippen LogP contribution is -2.30. The molecule has 7 nitrogen and oxygen atoms in total. The number of hydrogen-bond donors (Lipinski definition) is 1. The average Bonchev–Trinajstić information content (AvgIpc) is 2.67. The van der Waals surface area contributed by atoms with Crippen LogP contribution in [0, 0.1) is 6.92 Å². The third-order valence-electron chi connectivity index (χ3n) is 3.89. The van der Waals surface area contributed by atoms with Crippen molar-refractivity contribution in [1.29, 1.82) is 0 Å². The van der Waals surface area contributed by atoms with Crippen molar-refractivity contribution in [3.05, 3.63) is 47.5 Å². The lowest BCUT2D eigenvalue weighted by Gasteiger charge is -2.16. The van der Waals surface area contributed by atoms with Crippen molar-refractivity contribution in [2.24, 2.45) is 0 Å². The molecule has 0 aliphatic heterocycles. The number of anilines is 1. The fourth-order valence-electron chi connectivity index (χ4n) is 2.40. The molecule has 0 saturated heterocycles. The van der Waals surface area contributed by atoms with Crippen molar-refractivity contribution in [2.75, 3.05) is 26.6 Å². The smallest absolute Gasteiger partial charge is 0.342 e. The molecule has 7 heteroatoms. The van der Waals surface area contributed by atoms with Gasteiger partial charge < -0.3 is 24.3 Å². The predicted octanol–water partition coefficient (Wildman–Crippen LogP) is 3.20. The van der Waals surface area contributed by atoms with Gasteiger partial charge in [0.15, 0.2) is 6.10 Å². The third-order valence-corrected chi connectivity index (χ3v) is 3.89. The lowest BCUT2D eigenvalue weighted by atomic mass is 10.2. The van der Waals surface area contributed by atoms with Crippen LogP contribution in [0.15, 0.2) is 36.4 Å². The molecule has 1 amide bonds. The number of carbonyl (C=O) groups excluding carboxylic acids is 2. The normalized spacial score (nSPS) is 11.3. The second kappa shape index (κ2) is 8.93. The summed E-state index contributed by atoms with van der Waals surface area (Å²) in [5.41, 5.74) is 1.66. The van der Waals surface area contributed by atoms with E-state index in [2.05, 4.69) is 5.32 Å². The fourth-order valence-corrected chi connectivity index (χ4v) is 2.40. The number of amides is 1. The van der Waals surface area contributed by atoms with Gasteiger partial charge in [-0.3, -0.25) is 4.79 Å². The zero-order valence-electron chi connectivity index (χ0n) is 16.0. The molecule has 144 valence electrons. The van der Waals surface area contributed by atoms with Crippen molar-refractivity contribution in [2.45, 2.75) is 20.0 Å². The SMILES string of the molecule is COc1ccc(C(=O)OC(C)C(=O)Nc2cc(C)ccc2OC)c(OC)c1. The molecule has 0 aromatic heterocycles. The summed E-state index contributed by atoms with van der Waals surface area (Å²) in [6.07, 6.45) is -1.02. The summed E-state index contributed by atoms with van der Waals surface area (Å²) in [6.45, 7) is 3.39. The zero-order valence-corrected chi connectivity index (χ0v) is 16.0. The average molecular weight is 373 g/mol. The van der Waals surface area contributed by atoms with E-state index in [9.17, 15) is 9.59 Å². The van der Waals surface area contributed by atoms with Gasteiger partial charge in [0.05, 0.1) is 27.0 Å². The molecule has 0 heterocycles. The Labute approximate surface area is 158 Å². The van der Waals surface area contributed by atoms with E-state index in [1.54, 1.807) is 24.3 Å². The number of rotatable bonds is 7. The van der Waals surface area contributed by atoms with Crippen LogP contribution in [0.1, 0.15) is 22.8 Å². The van der Waals surface area contributed by atoms with Crippen molar-refractivity contribution < 1.29 is 28.5 Å². The van der Waals surface area contributed by atoms with Crippen LogP contribution in [0.4, 0.5) is 5.69 Å². The number of hydrogen-bond acceptors (Lipinski definition) is 6. The first-order chi connectivity index (χ1) is 12.9. The highest BCUT2D eigenvalue weighted by Crippen LogP contribution is 2.27. The quantitative estimate of drug-likeness (QED) is 0.751. The second-order valence-corrected chi connectivity index (χ2v) is 5.81. The van der Waals surface area contributed by atoms with E-state index in [1.807, 2.05) is 13.0 Å². The predicted molar refractivity (Wildman–Crippen MR) is 101 cm³/mol. The molecule has 2 aromatic rings. The van der Waals surface area contributed by atoms with Crippen LogP contribution in [0.25, 0.3) is 0 Å². The van der Waals surface area contributed by atoms with Crippen LogP contribution in [-0.2, 0) is 9.53 Å². The molecule has 0 radical (unpaired) electrons. The van der Waals surface area contributed by atoms with E-state index in [-0.39, 0.29) is 5.56 Å². The minimum atomic E-state index is -1.02. The van der Waals surface area contributed by atoms with Gasteiger partial charge in [0.25, 0.3) is 5.91 Å². The minimum Gasteiger partial charge on any atom is -0.497 e. The molecule has 27 heavy (non-hydrogen) atoms. The molecule has 0 bridgehead atoms. The number of carbonyl (C=O) groups is 2. The molecule has 0 aliphatic carbocycles. The molecule has 1 N–H and O–H groups in total. The van der Waals surface area contributed by atoms with Gasteiger partial charge in [0, 0.05) is 6.07 Å². The number of esters is 1. The maximum absolute atomic E-state index is 12.4. The molecule has 0 fully saturated rings. The van der Waals surface area contributed by atoms with E-state index >= 15 is 0 Å². The Balaban J connectivity index is 2.10. The van der Waals surface area contributed by atoms with Crippen molar-refractivity contribution in [3.8, 4) is 17.2 Å². The van der Waals surface area contributed by atoms with E-state index in [0.717, 1.165) is 5.56 Å². The summed E-state index contributed by atoms with van der Waals surface area (Å²) in [5, 5.41) is 2.71. The highest BCUT2D eigenvalue weighted by atomic mass is 16.5. The Kier molecular flexibility index (Phi) is 6.65. The molecule has 2 aromatic carbocycles. The zero-order chi connectivity index (χ0) is 20.0. The molecule has 1 unspecified atom stereocenters. The first-order valence-electron chi connectivity index (χ1n) is 8.28. The molecular weight excluding hydrogens is 350 g/mol. The number of aryl methyl sites for hydroxylation is 1. The first-order valence-corrected chi connectivity index (χ1v) is 8.28. The monoisotopic (exact) mass is 373 g/mol. The van der Waals surface area contributed by atoms with Crippen LogP contribution >= 0.6 is 0 Å². The topological polar surface area (TPSA) is 83.1 Å². The lowest BCUT2D eigenvalue weighted by molar-refractivity contribution is -0.123. The molecular formula is C20H23NO6. The summed E-state index contributed by atoms with van der Waals surface area (Å²) in [6, 6.07) is 10.1. The van der Waals surface area contributed by atoms with E-state index in [0.29, 0.717) is 22.9 Å². The largest absolute Gasteiger partial charge is 0.497 e. The van der Waals surface area contributed by atoms with Crippen LogP contribution in [0.2, 0.25) is 0 Å². The Morgan fingerprint density at radius 1 is 0.926 bits per heavy atom. The minimum absolute atomic E-state index is 0.200. The number of methoxy groups -OCH3 is 3. The summed E-state index contributed by atoms with van der Waals surface area (Å²) in [5.74, 6) is 0.213. The van der Waals surface area contributed by atoms with Gasteiger partial charge in [-0.2, -0.15) is 0 Å². The number of nitrogens with one attached hydrogen (secondary N) is 1. The maximum Gasteiger partial charge on any atom is 0.342 e. The molecule has 0 spiro atoms. The Morgan fingerprint density at radius 3 is 2.26 bits per heavy atom. The van der Waals surface area contributed by atoms with E-state index in [1.165, 1.54) is 34.3 Å². The standard InChI is InChI=1S/C20H23NO6/c1-12-6-9-17(25-4)16(10-12)21-19(22)13(2)27-20(23)15-8-7-14(24-3)11-18(15)26-5/h6-11,13H,1-5H3,(H,21,22). The number of ether oxygens (including phenoxy) is 4. The molecule has 0 saturated carbocycles. The molecule has 2 rings (SSSR count). The van der Waals surface area contributed by atoms with Crippen LogP contribution in [-0.4, -0.2) is 39.3 Å². The first kappa shape index (κ1) is 20.1. The van der Waals surface area contributed by atoms with Crippen LogP contribution < -0.4 is 19.5 Å². The van der Waals surface area contributed by atoms with E-state index < -0.39 is 18.0 Å². The van der Waals surface area contributed by atoms with Crippen molar-refractivity contribution in [1.82, 2.24) is 0 Å². The van der Waals surface area contributed by atoms with Gasteiger partial charge in [-0.05, 0) is 43.7 Å². The van der Waals surface area contributed by atoms with Gasteiger partial charge in [0.1, 0.15) is 22.8 Å². The Hall–Kier alpha value is -3.22. The summed E-state index contributed by atoms with van der Waals surface area (Å²) in [4.78, 5) is 24.8. The summed E-state index contributed by atoms with van der Waals surface area (Å²) < 4.78 is 20.8.